The molecule has 128 valence electrons. The lowest BCUT2D eigenvalue weighted by molar-refractivity contribution is -0.145. The van der Waals surface area contributed by atoms with Gasteiger partial charge in [-0.25, -0.2) is 9.69 Å². The molecule has 1 N–H and O–H groups in total. The molecule has 1 saturated heterocycles. The van der Waals surface area contributed by atoms with Gasteiger partial charge in [0.25, 0.3) is 0 Å². The zero-order chi connectivity index (χ0) is 17.1. The number of carbonyl (C=O) groups is 4. The molecule has 0 bridgehead atoms. The van der Waals surface area contributed by atoms with Crippen LogP contribution in [0.1, 0.15) is 46.5 Å². The van der Waals surface area contributed by atoms with Gasteiger partial charge in [-0.05, 0) is 24.7 Å². The SMILES string of the molecule is CC(C)CNC(=O)CN1C(=O)C(=O)N([C@@H]2CCCC[C@H]2C)C1=O. The molecule has 0 aromatic heterocycles. The maximum Gasteiger partial charge on any atom is 0.334 e. The summed E-state index contributed by atoms with van der Waals surface area (Å²) in [6, 6.07) is -0.894. The van der Waals surface area contributed by atoms with E-state index in [2.05, 4.69) is 5.32 Å². The van der Waals surface area contributed by atoms with E-state index >= 15 is 0 Å². The van der Waals surface area contributed by atoms with Crippen molar-refractivity contribution in [2.75, 3.05) is 13.1 Å². The molecule has 7 nitrogen and oxygen atoms in total. The Balaban J connectivity index is 2.05. The first-order chi connectivity index (χ1) is 10.8. The van der Waals surface area contributed by atoms with Crippen LogP contribution in [0.5, 0.6) is 0 Å². The minimum Gasteiger partial charge on any atom is -0.354 e. The predicted molar refractivity (Wildman–Crippen MR) is 83.2 cm³/mol. The highest BCUT2D eigenvalue weighted by molar-refractivity contribution is 6.45. The van der Waals surface area contributed by atoms with Crippen LogP contribution in [0, 0.1) is 11.8 Å². The molecule has 5 amide bonds. The van der Waals surface area contributed by atoms with E-state index in [1.54, 1.807) is 0 Å². The predicted octanol–water partition coefficient (Wildman–Crippen LogP) is 1.13. The van der Waals surface area contributed by atoms with Gasteiger partial charge in [0.05, 0.1) is 0 Å². The summed E-state index contributed by atoms with van der Waals surface area (Å²) in [4.78, 5) is 50.5. The zero-order valence-electron chi connectivity index (χ0n) is 14.0. The highest BCUT2D eigenvalue weighted by Crippen LogP contribution is 2.31. The van der Waals surface area contributed by atoms with Crippen molar-refractivity contribution in [1.82, 2.24) is 15.1 Å². The van der Waals surface area contributed by atoms with Crippen molar-refractivity contribution in [2.24, 2.45) is 11.8 Å². The van der Waals surface area contributed by atoms with E-state index in [0.717, 1.165) is 35.5 Å². The summed E-state index contributed by atoms with van der Waals surface area (Å²) in [5.41, 5.74) is 0. The molecule has 2 rings (SSSR count). The van der Waals surface area contributed by atoms with Crippen LogP contribution in [0.3, 0.4) is 0 Å². The molecule has 1 saturated carbocycles. The molecule has 2 atom stereocenters. The smallest absolute Gasteiger partial charge is 0.334 e. The Morgan fingerprint density at radius 3 is 2.43 bits per heavy atom. The molecule has 2 fully saturated rings. The minimum atomic E-state index is -0.896. The first-order valence-electron chi connectivity index (χ1n) is 8.28. The maximum absolute atomic E-state index is 12.5. The minimum absolute atomic E-state index is 0.180. The fourth-order valence-corrected chi connectivity index (χ4v) is 3.15. The highest BCUT2D eigenvalue weighted by atomic mass is 16.2. The molecule has 1 heterocycles. The normalized spacial score (nSPS) is 25.5. The van der Waals surface area contributed by atoms with Gasteiger partial charge < -0.3 is 5.32 Å². The molecule has 2 aliphatic rings. The van der Waals surface area contributed by atoms with Crippen molar-refractivity contribution < 1.29 is 19.2 Å². The zero-order valence-corrected chi connectivity index (χ0v) is 14.0. The van der Waals surface area contributed by atoms with Crippen molar-refractivity contribution in [3.8, 4) is 0 Å². The van der Waals surface area contributed by atoms with Crippen molar-refractivity contribution in [3.63, 3.8) is 0 Å². The molecule has 1 aliphatic heterocycles. The number of hydrogen-bond acceptors (Lipinski definition) is 4. The number of amides is 5. The third-order valence-corrected chi connectivity index (χ3v) is 4.49. The third kappa shape index (κ3) is 3.71. The maximum atomic E-state index is 12.5. The van der Waals surface area contributed by atoms with Crippen LogP contribution in [-0.4, -0.2) is 52.7 Å². The van der Waals surface area contributed by atoms with Gasteiger partial charge in [-0.2, -0.15) is 0 Å². The van der Waals surface area contributed by atoms with Gasteiger partial charge in [0.1, 0.15) is 6.54 Å². The van der Waals surface area contributed by atoms with Gasteiger partial charge in [-0.3, -0.25) is 19.3 Å². The molecule has 23 heavy (non-hydrogen) atoms. The van der Waals surface area contributed by atoms with Gasteiger partial charge in [0.2, 0.25) is 5.91 Å². The summed E-state index contributed by atoms with van der Waals surface area (Å²) in [6.45, 7) is 5.96. The van der Waals surface area contributed by atoms with Crippen LogP contribution in [0.15, 0.2) is 0 Å². The second-order valence-corrected chi connectivity index (χ2v) is 6.88. The first kappa shape index (κ1) is 17.4. The van der Waals surface area contributed by atoms with Gasteiger partial charge in [0.15, 0.2) is 0 Å². The van der Waals surface area contributed by atoms with E-state index in [-0.39, 0.29) is 17.9 Å². The average Bonchev–Trinajstić information content (AvgIpc) is 2.70. The summed E-state index contributed by atoms with van der Waals surface area (Å²) < 4.78 is 0. The van der Waals surface area contributed by atoms with Crippen LogP contribution in [-0.2, 0) is 14.4 Å². The Morgan fingerprint density at radius 1 is 1.17 bits per heavy atom. The Kier molecular flexibility index (Phi) is 5.38. The molecule has 0 aromatic rings. The molecular weight excluding hydrogens is 298 g/mol. The van der Waals surface area contributed by atoms with Crippen LogP contribution < -0.4 is 5.32 Å². The number of imide groups is 2. The van der Waals surface area contributed by atoms with E-state index in [4.69, 9.17) is 0 Å². The van der Waals surface area contributed by atoms with Crippen LogP contribution in [0.4, 0.5) is 4.79 Å². The third-order valence-electron chi connectivity index (χ3n) is 4.49. The number of nitrogens with zero attached hydrogens (tertiary/aromatic N) is 2. The molecular formula is C16H25N3O4. The molecule has 0 radical (unpaired) electrons. The Bertz CT molecular complexity index is 517. The molecule has 0 aromatic carbocycles. The second kappa shape index (κ2) is 7.10. The fraction of sp³-hybridized carbons (Fsp3) is 0.750. The monoisotopic (exact) mass is 323 g/mol. The van der Waals surface area contributed by atoms with Crippen molar-refractivity contribution >= 4 is 23.8 Å². The quantitative estimate of drug-likeness (QED) is 0.607. The van der Waals surface area contributed by atoms with E-state index < -0.39 is 30.3 Å². The summed E-state index contributed by atoms with van der Waals surface area (Å²) in [6.07, 6.45) is 3.67. The first-order valence-corrected chi connectivity index (χ1v) is 8.28. The molecule has 0 spiro atoms. The topological polar surface area (TPSA) is 86.8 Å². The van der Waals surface area contributed by atoms with Crippen molar-refractivity contribution in [3.05, 3.63) is 0 Å². The Hall–Kier alpha value is -1.92. The summed E-state index contributed by atoms with van der Waals surface area (Å²) in [7, 11) is 0. The van der Waals surface area contributed by atoms with Gasteiger partial charge in [-0.1, -0.05) is 33.6 Å². The van der Waals surface area contributed by atoms with Crippen LogP contribution in [0.25, 0.3) is 0 Å². The standard InChI is InChI=1S/C16H25N3O4/c1-10(2)8-17-13(20)9-18-14(21)15(22)19(16(18)23)12-7-5-4-6-11(12)3/h10-12H,4-9H2,1-3H3,(H,17,20)/t11-,12-/m1/s1. The van der Waals surface area contributed by atoms with Crippen LogP contribution >= 0.6 is 0 Å². The number of rotatable bonds is 5. The summed E-state index contributed by atoms with van der Waals surface area (Å²) >= 11 is 0. The number of hydrogen-bond donors (Lipinski definition) is 1. The summed E-state index contributed by atoms with van der Waals surface area (Å²) in [5, 5.41) is 2.65. The lowest BCUT2D eigenvalue weighted by Gasteiger charge is -2.34. The van der Waals surface area contributed by atoms with E-state index in [1.165, 1.54) is 0 Å². The van der Waals surface area contributed by atoms with Gasteiger partial charge in [-0.15, -0.1) is 0 Å². The number of carbonyl (C=O) groups excluding carboxylic acids is 4. The van der Waals surface area contributed by atoms with Crippen LogP contribution in [0.2, 0.25) is 0 Å². The van der Waals surface area contributed by atoms with E-state index in [0.29, 0.717) is 6.54 Å². The second-order valence-electron chi connectivity index (χ2n) is 6.88. The molecule has 1 aliphatic carbocycles. The average molecular weight is 323 g/mol. The van der Waals surface area contributed by atoms with Crippen molar-refractivity contribution in [1.29, 1.82) is 0 Å². The van der Waals surface area contributed by atoms with Gasteiger partial charge in [0, 0.05) is 12.6 Å². The largest absolute Gasteiger partial charge is 0.354 e. The molecule has 7 heteroatoms. The lowest BCUT2D eigenvalue weighted by atomic mass is 9.85. The fourth-order valence-electron chi connectivity index (χ4n) is 3.15. The number of urea groups is 1. The number of nitrogens with one attached hydrogen (secondary N) is 1. The lowest BCUT2D eigenvalue weighted by Crippen LogP contribution is -2.47. The van der Waals surface area contributed by atoms with E-state index in [1.807, 2.05) is 20.8 Å². The highest BCUT2D eigenvalue weighted by Gasteiger charge is 2.49. The summed E-state index contributed by atoms with van der Waals surface area (Å²) in [5.74, 6) is -1.67. The molecule has 0 unspecified atom stereocenters. The Labute approximate surface area is 136 Å². The van der Waals surface area contributed by atoms with Gasteiger partial charge >= 0.3 is 17.8 Å². The van der Waals surface area contributed by atoms with Crippen molar-refractivity contribution in [2.45, 2.75) is 52.5 Å². The Morgan fingerprint density at radius 2 is 1.83 bits per heavy atom. The van der Waals surface area contributed by atoms with E-state index in [9.17, 15) is 19.2 Å².